The molecule has 0 aliphatic rings. The Hall–Kier alpha value is -1.80. The van der Waals surface area contributed by atoms with Gasteiger partial charge in [-0.05, 0) is 56.1 Å². The molecule has 21 heavy (non-hydrogen) atoms. The summed E-state index contributed by atoms with van der Waals surface area (Å²) in [6.07, 6.45) is 2.19. The molecule has 2 nitrogen and oxygen atoms in total. The molecule has 0 fully saturated rings. The summed E-state index contributed by atoms with van der Waals surface area (Å²) >= 11 is 0. The van der Waals surface area contributed by atoms with Gasteiger partial charge in [0.1, 0.15) is 5.75 Å². The fraction of sp³-hybridized carbons (Fsp3) is 0.368. The van der Waals surface area contributed by atoms with Gasteiger partial charge in [-0.1, -0.05) is 49.4 Å². The Kier molecular flexibility index (Phi) is 5.82. The van der Waals surface area contributed by atoms with Crippen molar-refractivity contribution in [1.82, 2.24) is 4.90 Å². The third-order valence-electron chi connectivity index (χ3n) is 4.08. The fourth-order valence-electron chi connectivity index (χ4n) is 2.72. The summed E-state index contributed by atoms with van der Waals surface area (Å²) < 4.78 is 0. The van der Waals surface area contributed by atoms with Crippen LogP contribution in [0.15, 0.2) is 54.6 Å². The van der Waals surface area contributed by atoms with Gasteiger partial charge in [-0.25, -0.2) is 0 Å². The highest BCUT2D eigenvalue weighted by molar-refractivity contribution is 5.26. The molecular formula is C19H25NO. The Bertz CT molecular complexity index is 521. The van der Waals surface area contributed by atoms with E-state index < -0.39 is 0 Å². The van der Waals surface area contributed by atoms with E-state index in [1.807, 2.05) is 12.1 Å². The minimum Gasteiger partial charge on any atom is -0.508 e. The predicted molar refractivity (Wildman–Crippen MR) is 88.5 cm³/mol. The van der Waals surface area contributed by atoms with E-state index in [2.05, 4.69) is 49.1 Å². The maximum Gasteiger partial charge on any atom is 0.115 e. The van der Waals surface area contributed by atoms with Crippen molar-refractivity contribution in [2.75, 3.05) is 13.1 Å². The third-order valence-corrected chi connectivity index (χ3v) is 4.08. The Morgan fingerprint density at radius 3 is 2.29 bits per heavy atom. The van der Waals surface area contributed by atoms with E-state index in [4.69, 9.17) is 0 Å². The number of phenolic OH excluding ortho intramolecular Hbond substituents is 1. The lowest BCUT2D eigenvalue weighted by Gasteiger charge is -2.28. The minimum atomic E-state index is 0.339. The van der Waals surface area contributed by atoms with Gasteiger partial charge >= 0.3 is 0 Å². The molecule has 0 radical (unpaired) electrons. The lowest BCUT2D eigenvalue weighted by atomic mass is 10.1. The molecule has 0 spiro atoms. The van der Waals surface area contributed by atoms with Crippen molar-refractivity contribution in [3.8, 4) is 5.75 Å². The zero-order chi connectivity index (χ0) is 15.1. The summed E-state index contributed by atoms with van der Waals surface area (Å²) in [5, 5.41) is 9.30. The summed E-state index contributed by atoms with van der Waals surface area (Å²) in [6, 6.07) is 18.7. The molecule has 1 unspecified atom stereocenters. The van der Waals surface area contributed by atoms with Crippen LogP contribution in [0.2, 0.25) is 0 Å². The van der Waals surface area contributed by atoms with Crippen molar-refractivity contribution < 1.29 is 5.11 Å². The number of benzene rings is 2. The van der Waals surface area contributed by atoms with Crippen LogP contribution in [0.3, 0.4) is 0 Å². The van der Waals surface area contributed by atoms with Crippen molar-refractivity contribution in [3.05, 3.63) is 65.7 Å². The van der Waals surface area contributed by atoms with Crippen LogP contribution in [0.5, 0.6) is 5.75 Å². The molecule has 0 saturated carbocycles. The van der Waals surface area contributed by atoms with Gasteiger partial charge in [0.05, 0.1) is 0 Å². The molecule has 2 rings (SSSR count). The number of hydrogen-bond donors (Lipinski definition) is 1. The van der Waals surface area contributed by atoms with E-state index in [1.165, 1.54) is 11.1 Å². The van der Waals surface area contributed by atoms with E-state index >= 15 is 0 Å². The van der Waals surface area contributed by atoms with E-state index in [-0.39, 0.29) is 0 Å². The quantitative estimate of drug-likeness (QED) is 0.813. The van der Waals surface area contributed by atoms with Crippen LogP contribution in [0, 0.1) is 0 Å². The van der Waals surface area contributed by atoms with Crippen LogP contribution in [0.25, 0.3) is 0 Å². The summed E-state index contributed by atoms with van der Waals surface area (Å²) in [4.78, 5) is 2.51. The van der Waals surface area contributed by atoms with Gasteiger partial charge in [0.2, 0.25) is 0 Å². The summed E-state index contributed by atoms with van der Waals surface area (Å²) in [5.74, 6) is 0.339. The zero-order valence-corrected chi connectivity index (χ0v) is 13.0. The lowest BCUT2D eigenvalue weighted by molar-refractivity contribution is 0.219. The highest BCUT2D eigenvalue weighted by Gasteiger charge is 2.13. The Labute approximate surface area is 128 Å². The number of phenols is 1. The van der Waals surface area contributed by atoms with Crippen molar-refractivity contribution >= 4 is 0 Å². The molecular weight excluding hydrogens is 258 g/mol. The molecule has 112 valence electrons. The molecule has 0 aromatic heterocycles. The number of aromatic hydroxyl groups is 1. The molecule has 0 saturated heterocycles. The Morgan fingerprint density at radius 1 is 1.00 bits per heavy atom. The second kappa shape index (κ2) is 7.84. The second-order valence-corrected chi connectivity index (χ2v) is 5.49. The van der Waals surface area contributed by atoms with Gasteiger partial charge in [-0.15, -0.1) is 0 Å². The Morgan fingerprint density at radius 2 is 1.67 bits per heavy atom. The maximum absolute atomic E-state index is 9.30. The maximum atomic E-state index is 9.30. The first kappa shape index (κ1) is 15.6. The molecule has 1 N–H and O–H groups in total. The smallest absolute Gasteiger partial charge is 0.115 e. The van der Waals surface area contributed by atoms with Crippen molar-refractivity contribution in [1.29, 1.82) is 0 Å². The van der Waals surface area contributed by atoms with Crippen LogP contribution in [0.1, 0.15) is 37.4 Å². The average molecular weight is 283 g/mol. The normalized spacial score (nSPS) is 12.5. The number of hydrogen-bond acceptors (Lipinski definition) is 2. The first-order chi connectivity index (χ1) is 10.2. The monoisotopic (exact) mass is 283 g/mol. The largest absolute Gasteiger partial charge is 0.508 e. The first-order valence-corrected chi connectivity index (χ1v) is 7.77. The molecule has 1 atom stereocenters. The van der Waals surface area contributed by atoms with Crippen LogP contribution in [-0.4, -0.2) is 23.1 Å². The lowest BCUT2D eigenvalue weighted by Crippen LogP contribution is -2.28. The number of aryl methyl sites for hydroxylation is 1. The van der Waals surface area contributed by atoms with Crippen LogP contribution >= 0.6 is 0 Å². The van der Waals surface area contributed by atoms with Gasteiger partial charge in [0.25, 0.3) is 0 Å². The molecule has 0 bridgehead atoms. The zero-order valence-electron chi connectivity index (χ0n) is 13.0. The minimum absolute atomic E-state index is 0.339. The van der Waals surface area contributed by atoms with Crippen LogP contribution in [-0.2, 0) is 6.42 Å². The van der Waals surface area contributed by atoms with Gasteiger partial charge in [0.15, 0.2) is 0 Å². The second-order valence-electron chi connectivity index (χ2n) is 5.49. The van der Waals surface area contributed by atoms with E-state index in [1.54, 1.807) is 12.1 Å². The van der Waals surface area contributed by atoms with E-state index in [0.717, 1.165) is 25.9 Å². The summed E-state index contributed by atoms with van der Waals surface area (Å²) in [5.41, 5.74) is 2.67. The first-order valence-electron chi connectivity index (χ1n) is 7.77. The highest BCUT2D eigenvalue weighted by Crippen LogP contribution is 2.20. The SMILES string of the molecule is CCN(CCCc1ccc(O)cc1)C(C)c1ccccc1. The molecule has 0 aliphatic heterocycles. The summed E-state index contributed by atoms with van der Waals surface area (Å²) in [6.45, 7) is 6.65. The topological polar surface area (TPSA) is 23.5 Å². The van der Waals surface area contributed by atoms with Crippen LogP contribution < -0.4 is 0 Å². The molecule has 2 heteroatoms. The van der Waals surface area contributed by atoms with E-state index in [9.17, 15) is 5.11 Å². The van der Waals surface area contributed by atoms with Gasteiger partial charge in [-0.3, -0.25) is 4.90 Å². The van der Waals surface area contributed by atoms with Crippen molar-refractivity contribution in [3.63, 3.8) is 0 Å². The van der Waals surface area contributed by atoms with Gasteiger partial charge in [-0.2, -0.15) is 0 Å². The predicted octanol–water partition coefficient (Wildman–Crippen LogP) is 4.41. The fourth-order valence-corrected chi connectivity index (χ4v) is 2.72. The standard InChI is InChI=1S/C19H25NO/c1-3-20(16(2)18-9-5-4-6-10-18)15-7-8-17-11-13-19(21)14-12-17/h4-6,9-14,16,21H,3,7-8,15H2,1-2H3. The summed E-state index contributed by atoms with van der Waals surface area (Å²) in [7, 11) is 0. The molecule has 0 amide bonds. The molecule has 2 aromatic rings. The third kappa shape index (κ3) is 4.61. The van der Waals surface area contributed by atoms with Crippen molar-refractivity contribution in [2.24, 2.45) is 0 Å². The van der Waals surface area contributed by atoms with Crippen LogP contribution in [0.4, 0.5) is 0 Å². The highest BCUT2D eigenvalue weighted by atomic mass is 16.3. The van der Waals surface area contributed by atoms with Gasteiger partial charge in [0, 0.05) is 6.04 Å². The molecule has 0 aliphatic carbocycles. The number of rotatable bonds is 7. The molecule has 2 aromatic carbocycles. The van der Waals surface area contributed by atoms with Crippen molar-refractivity contribution in [2.45, 2.75) is 32.7 Å². The van der Waals surface area contributed by atoms with Gasteiger partial charge < -0.3 is 5.11 Å². The Balaban J connectivity index is 1.86. The van der Waals surface area contributed by atoms with E-state index in [0.29, 0.717) is 11.8 Å². The average Bonchev–Trinajstić information content (AvgIpc) is 2.53. The molecule has 0 heterocycles. The number of nitrogens with zero attached hydrogens (tertiary/aromatic N) is 1.